The Morgan fingerprint density at radius 2 is 1.95 bits per heavy atom. The van der Waals surface area contributed by atoms with E-state index in [4.69, 9.17) is 11.0 Å². The van der Waals surface area contributed by atoms with E-state index in [1.54, 1.807) is 12.1 Å². The van der Waals surface area contributed by atoms with E-state index in [1.165, 1.54) is 0 Å². The van der Waals surface area contributed by atoms with Crippen LogP contribution in [0.4, 0.5) is 5.82 Å². The second-order valence-electron chi connectivity index (χ2n) is 4.42. The Labute approximate surface area is 110 Å². The van der Waals surface area contributed by atoms with Crippen molar-refractivity contribution in [3.05, 3.63) is 53.7 Å². The first-order chi connectivity index (χ1) is 9.20. The molecule has 0 saturated heterocycles. The minimum absolute atomic E-state index is 0.614. The van der Waals surface area contributed by atoms with Gasteiger partial charge in [0.2, 0.25) is 0 Å². The zero-order valence-electron chi connectivity index (χ0n) is 10.5. The summed E-state index contributed by atoms with van der Waals surface area (Å²) in [7, 11) is 0. The van der Waals surface area contributed by atoms with Crippen molar-refractivity contribution in [3.8, 4) is 17.3 Å². The first kappa shape index (κ1) is 11.3. The van der Waals surface area contributed by atoms with Crippen LogP contribution in [0.25, 0.3) is 16.9 Å². The zero-order valence-corrected chi connectivity index (χ0v) is 10.5. The summed E-state index contributed by atoms with van der Waals surface area (Å²) in [5.41, 5.74) is 10.4. The summed E-state index contributed by atoms with van der Waals surface area (Å²) in [6, 6.07) is 13.3. The fourth-order valence-electron chi connectivity index (χ4n) is 2.14. The number of nitriles is 1. The van der Waals surface area contributed by atoms with Gasteiger partial charge in [0.1, 0.15) is 17.2 Å². The zero-order chi connectivity index (χ0) is 13.4. The maximum absolute atomic E-state index is 8.81. The van der Waals surface area contributed by atoms with Crippen LogP contribution >= 0.6 is 0 Å². The summed E-state index contributed by atoms with van der Waals surface area (Å²) in [6.45, 7) is 2.00. The highest BCUT2D eigenvalue weighted by Gasteiger charge is 2.12. The van der Waals surface area contributed by atoms with Crippen molar-refractivity contribution in [1.29, 1.82) is 5.26 Å². The molecule has 3 aromatic rings. The molecule has 0 aliphatic rings. The monoisotopic (exact) mass is 248 g/mol. The molecule has 0 atom stereocenters. The molecule has 0 spiro atoms. The highest BCUT2D eigenvalue weighted by Crippen LogP contribution is 2.27. The second kappa shape index (κ2) is 4.14. The number of imidazole rings is 1. The van der Waals surface area contributed by atoms with Crippen LogP contribution in [-0.4, -0.2) is 9.38 Å². The van der Waals surface area contributed by atoms with Crippen molar-refractivity contribution >= 4 is 11.5 Å². The van der Waals surface area contributed by atoms with Gasteiger partial charge in [-0.3, -0.25) is 4.40 Å². The molecule has 1 aromatic carbocycles. The molecule has 4 heteroatoms. The molecule has 0 saturated carbocycles. The molecule has 4 nitrogen and oxygen atoms in total. The molecule has 2 heterocycles. The lowest BCUT2D eigenvalue weighted by atomic mass is 10.1. The number of nitrogen functional groups attached to an aromatic ring is 1. The maximum atomic E-state index is 8.81. The lowest BCUT2D eigenvalue weighted by molar-refractivity contribution is 1.17. The summed E-state index contributed by atoms with van der Waals surface area (Å²) in [4.78, 5) is 4.59. The Balaban J connectivity index is 2.22. The Morgan fingerprint density at radius 3 is 2.58 bits per heavy atom. The topological polar surface area (TPSA) is 67.1 Å². The van der Waals surface area contributed by atoms with E-state index in [1.807, 2.05) is 41.8 Å². The van der Waals surface area contributed by atoms with Gasteiger partial charge in [-0.1, -0.05) is 18.2 Å². The van der Waals surface area contributed by atoms with E-state index in [0.717, 1.165) is 22.5 Å². The van der Waals surface area contributed by atoms with E-state index in [0.29, 0.717) is 11.4 Å². The average Bonchev–Trinajstić information content (AvgIpc) is 2.78. The number of aryl methyl sites for hydroxylation is 1. The van der Waals surface area contributed by atoms with Gasteiger partial charge in [-0.2, -0.15) is 5.26 Å². The first-order valence-corrected chi connectivity index (χ1v) is 5.94. The number of benzene rings is 1. The van der Waals surface area contributed by atoms with Gasteiger partial charge in [0, 0.05) is 11.8 Å². The predicted octanol–water partition coefficient (Wildman–Crippen LogP) is 2.76. The molecule has 0 amide bonds. The Hall–Kier alpha value is -2.80. The predicted molar refractivity (Wildman–Crippen MR) is 74.5 cm³/mol. The van der Waals surface area contributed by atoms with Crippen LogP contribution in [0.5, 0.6) is 0 Å². The standard InChI is InChI=1S/C15H12N4/c1-10-3-2-8-19-14(17)13(18-15(10)19)12-6-4-11(9-16)5-7-12/h2-8H,17H2,1H3. The van der Waals surface area contributed by atoms with E-state index >= 15 is 0 Å². The number of aromatic nitrogens is 2. The normalized spacial score (nSPS) is 10.5. The fourth-order valence-corrected chi connectivity index (χ4v) is 2.14. The highest BCUT2D eigenvalue weighted by molar-refractivity contribution is 5.76. The molecule has 2 aromatic heterocycles. The number of fused-ring (bicyclic) bond motifs is 1. The van der Waals surface area contributed by atoms with E-state index < -0.39 is 0 Å². The minimum atomic E-state index is 0.614. The van der Waals surface area contributed by atoms with Gasteiger partial charge in [-0.05, 0) is 30.7 Å². The number of pyridine rings is 1. The number of anilines is 1. The van der Waals surface area contributed by atoms with Crippen LogP contribution in [0.15, 0.2) is 42.6 Å². The van der Waals surface area contributed by atoms with Gasteiger partial charge in [0.25, 0.3) is 0 Å². The molecule has 92 valence electrons. The SMILES string of the molecule is Cc1cccn2c(N)c(-c3ccc(C#N)cc3)nc12. The molecule has 0 unspecified atom stereocenters. The molecule has 3 rings (SSSR count). The van der Waals surface area contributed by atoms with Gasteiger partial charge >= 0.3 is 0 Å². The molecule has 0 radical (unpaired) electrons. The first-order valence-electron chi connectivity index (χ1n) is 5.94. The smallest absolute Gasteiger partial charge is 0.142 e. The van der Waals surface area contributed by atoms with Crippen molar-refractivity contribution in [1.82, 2.24) is 9.38 Å². The molecule has 0 aliphatic carbocycles. The summed E-state index contributed by atoms with van der Waals surface area (Å²) >= 11 is 0. The molecule has 0 fully saturated rings. The van der Waals surface area contributed by atoms with Crippen LogP contribution in [0.2, 0.25) is 0 Å². The van der Waals surface area contributed by atoms with Crippen LogP contribution in [-0.2, 0) is 0 Å². The summed E-state index contributed by atoms with van der Waals surface area (Å²) in [6.07, 6.45) is 1.90. The number of hydrogen-bond acceptors (Lipinski definition) is 3. The number of rotatable bonds is 1. The van der Waals surface area contributed by atoms with Crippen LogP contribution < -0.4 is 5.73 Å². The summed E-state index contributed by atoms with van der Waals surface area (Å²) in [5, 5.41) is 8.81. The van der Waals surface area contributed by atoms with Crippen molar-refractivity contribution in [2.24, 2.45) is 0 Å². The average molecular weight is 248 g/mol. The van der Waals surface area contributed by atoms with Gasteiger partial charge in [0.15, 0.2) is 0 Å². The van der Waals surface area contributed by atoms with Gasteiger partial charge in [0.05, 0.1) is 11.6 Å². The van der Waals surface area contributed by atoms with Crippen molar-refractivity contribution < 1.29 is 0 Å². The largest absolute Gasteiger partial charge is 0.383 e. The molecule has 19 heavy (non-hydrogen) atoms. The third-order valence-electron chi connectivity index (χ3n) is 3.17. The number of nitrogens with zero attached hydrogens (tertiary/aromatic N) is 3. The Bertz CT molecular complexity index is 791. The molecular weight excluding hydrogens is 236 g/mol. The van der Waals surface area contributed by atoms with Crippen LogP contribution in [0.3, 0.4) is 0 Å². The Morgan fingerprint density at radius 1 is 1.21 bits per heavy atom. The van der Waals surface area contributed by atoms with Crippen molar-refractivity contribution in [2.75, 3.05) is 5.73 Å². The quantitative estimate of drug-likeness (QED) is 0.720. The minimum Gasteiger partial charge on any atom is -0.383 e. The molecule has 0 bridgehead atoms. The van der Waals surface area contributed by atoms with Crippen molar-refractivity contribution in [2.45, 2.75) is 6.92 Å². The van der Waals surface area contributed by atoms with Gasteiger partial charge in [-0.15, -0.1) is 0 Å². The van der Waals surface area contributed by atoms with E-state index in [2.05, 4.69) is 11.1 Å². The van der Waals surface area contributed by atoms with Gasteiger partial charge < -0.3 is 5.73 Å². The maximum Gasteiger partial charge on any atom is 0.142 e. The number of hydrogen-bond donors (Lipinski definition) is 1. The van der Waals surface area contributed by atoms with E-state index in [9.17, 15) is 0 Å². The van der Waals surface area contributed by atoms with Crippen LogP contribution in [0, 0.1) is 18.3 Å². The lowest BCUT2D eigenvalue weighted by Crippen LogP contribution is -1.94. The number of nitrogens with two attached hydrogens (primary N) is 1. The van der Waals surface area contributed by atoms with Crippen molar-refractivity contribution in [3.63, 3.8) is 0 Å². The highest BCUT2D eigenvalue weighted by atomic mass is 15.1. The fraction of sp³-hybridized carbons (Fsp3) is 0.0667. The Kier molecular flexibility index (Phi) is 2.46. The summed E-state index contributed by atoms with van der Waals surface area (Å²) in [5.74, 6) is 0.614. The molecule has 0 aliphatic heterocycles. The molecular formula is C15H12N4. The third-order valence-corrected chi connectivity index (χ3v) is 3.17. The molecule has 2 N–H and O–H groups in total. The van der Waals surface area contributed by atoms with E-state index in [-0.39, 0.29) is 0 Å². The lowest BCUT2D eigenvalue weighted by Gasteiger charge is -1.99. The summed E-state index contributed by atoms with van der Waals surface area (Å²) < 4.78 is 1.88. The second-order valence-corrected chi connectivity index (χ2v) is 4.42. The third kappa shape index (κ3) is 1.72. The van der Waals surface area contributed by atoms with Gasteiger partial charge in [-0.25, -0.2) is 4.98 Å². The van der Waals surface area contributed by atoms with Crippen LogP contribution in [0.1, 0.15) is 11.1 Å².